The summed E-state index contributed by atoms with van der Waals surface area (Å²) in [5, 5.41) is 9.14. The van der Waals surface area contributed by atoms with Gasteiger partial charge in [0.1, 0.15) is 11.6 Å². The molecular weight excluding hydrogens is 330 g/mol. The Bertz CT molecular complexity index is 940. The fraction of sp³-hybridized carbons (Fsp3) is 0. The van der Waals surface area contributed by atoms with E-state index in [0.29, 0.717) is 11.3 Å². The highest BCUT2D eigenvalue weighted by Gasteiger charge is 2.16. The van der Waals surface area contributed by atoms with Gasteiger partial charge in [0, 0.05) is 11.8 Å². The maximum Gasteiger partial charge on any atom is 0.182 e. The maximum absolute atomic E-state index is 13.9. The summed E-state index contributed by atoms with van der Waals surface area (Å²) in [6.45, 7) is 0. The number of rotatable bonds is 4. The van der Waals surface area contributed by atoms with Crippen molar-refractivity contribution in [3.63, 3.8) is 0 Å². The van der Waals surface area contributed by atoms with Crippen molar-refractivity contribution in [3.05, 3.63) is 66.1 Å². The average molecular weight is 342 g/mol. The molecule has 7 nitrogen and oxygen atoms in total. The van der Waals surface area contributed by atoms with Crippen molar-refractivity contribution in [3.8, 4) is 11.3 Å². The zero-order valence-corrected chi connectivity index (χ0v) is 12.7. The van der Waals surface area contributed by atoms with E-state index in [1.54, 1.807) is 18.2 Å². The van der Waals surface area contributed by atoms with Crippen LogP contribution < -0.4 is 11.1 Å². The largest absolute Gasteiger partial charge is 0.464 e. The number of halogens is 2. The first-order chi connectivity index (χ1) is 12.1. The Hall–Kier alpha value is -3.62. The minimum Gasteiger partial charge on any atom is -0.464 e. The Balaban J connectivity index is 2.04. The lowest BCUT2D eigenvalue weighted by molar-refractivity contribution is 0.512. The zero-order chi connectivity index (χ0) is 17.8. The van der Waals surface area contributed by atoms with E-state index >= 15 is 0 Å². The van der Waals surface area contributed by atoms with Gasteiger partial charge in [-0.3, -0.25) is 0 Å². The lowest BCUT2D eigenvalue weighted by atomic mass is 10.1. The molecule has 0 amide bonds. The molecule has 0 unspecified atom stereocenters. The highest BCUT2D eigenvalue weighted by Crippen LogP contribution is 2.24. The Kier molecular flexibility index (Phi) is 4.46. The number of furan rings is 1. The van der Waals surface area contributed by atoms with Crippen LogP contribution in [0.5, 0.6) is 0 Å². The first-order valence-corrected chi connectivity index (χ1v) is 7.05. The molecule has 0 aliphatic carbocycles. The highest BCUT2D eigenvalue weighted by atomic mass is 19.2. The van der Waals surface area contributed by atoms with Crippen LogP contribution in [0.4, 0.5) is 20.3 Å². The Morgan fingerprint density at radius 2 is 2.08 bits per heavy atom. The summed E-state index contributed by atoms with van der Waals surface area (Å²) in [6.07, 6.45) is 3.00. The van der Waals surface area contributed by atoms with E-state index in [2.05, 4.69) is 20.6 Å². The number of anilines is 2. The standard InChI is InChI=1S/C16H12F2N6O/c17-11-3-1-4-12(14(11)18)22-16(23-24-20)10-7-9(8-21-15(10)19)13-5-2-6-25-13/h1-8H,(H2,19,21)(H2,20,22,23). The molecule has 3 rings (SSSR count). The molecule has 0 aliphatic rings. The van der Waals surface area contributed by atoms with E-state index in [9.17, 15) is 8.78 Å². The molecule has 9 heteroatoms. The van der Waals surface area contributed by atoms with Crippen LogP contribution >= 0.6 is 0 Å². The molecule has 126 valence electrons. The minimum absolute atomic E-state index is 0.0575. The van der Waals surface area contributed by atoms with Gasteiger partial charge < -0.3 is 15.5 Å². The smallest absolute Gasteiger partial charge is 0.182 e. The molecule has 0 atom stereocenters. The number of nitrogens with zero attached hydrogens (tertiary/aromatic N) is 3. The summed E-state index contributed by atoms with van der Waals surface area (Å²) < 4.78 is 32.6. The number of amidine groups is 1. The van der Waals surface area contributed by atoms with Crippen LogP contribution in [-0.2, 0) is 0 Å². The van der Waals surface area contributed by atoms with Crippen molar-refractivity contribution in [2.45, 2.75) is 0 Å². The number of hydrogen-bond donors (Lipinski definition) is 3. The summed E-state index contributed by atoms with van der Waals surface area (Å²) in [5.41, 5.74) is 13.5. The van der Waals surface area contributed by atoms with Crippen molar-refractivity contribution < 1.29 is 13.2 Å². The lowest BCUT2D eigenvalue weighted by Gasteiger charge is -2.12. The maximum atomic E-state index is 13.9. The van der Waals surface area contributed by atoms with Gasteiger partial charge in [0.2, 0.25) is 0 Å². The second-order valence-corrected chi connectivity index (χ2v) is 4.91. The molecule has 2 heterocycles. The van der Waals surface area contributed by atoms with Gasteiger partial charge in [-0.05, 0) is 30.3 Å². The van der Waals surface area contributed by atoms with Crippen molar-refractivity contribution in [1.82, 2.24) is 4.98 Å². The number of nitrogens with one attached hydrogen (secondary N) is 2. The number of nitrogens with two attached hydrogens (primary N) is 1. The molecule has 0 radical (unpaired) electrons. The van der Waals surface area contributed by atoms with Gasteiger partial charge in [0.05, 0.1) is 17.5 Å². The number of benzene rings is 1. The molecule has 1 aromatic carbocycles. The van der Waals surface area contributed by atoms with Crippen molar-refractivity contribution in [1.29, 1.82) is 5.53 Å². The molecule has 0 saturated carbocycles. The zero-order valence-electron chi connectivity index (χ0n) is 12.7. The number of nitrogen functional groups attached to an aromatic ring is 1. The summed E-state index contributed by atoms with van der Waals surface area (Å²) in [4.78, 5) is 4.05. The third kappa shape index (κ3) is 3.34. The van der Waals surface area contributed by atoms with Crippen LogP contribution in [0, 0.1) is 17.2 Å². The van der Waals surface area contributed by atoms with Crippen molar-refractivity contribution in [2.75, 3.05) is 11.1 Å². The lowest BCUT2D eigenvalue weighted by Crippen LogP contribution is -2.17. The van der Waals surface area contributed by atoms with E-state index in [0.717, 1.165) is 6.07 Å². The van der Waals surface area contributed by atoms with Gasteiger partial charge in [-0.25, -0.2) is 13.8 Å². The molecule has 4 N–H and O–H groups in total. The van der Waals surface area contributed by atoms with Crippen molar-refractivity contribution in [2.24, 2.45) is 10.3 Å². The summed E-state index contributed by atoms with van der Waals surface area (Å²) in [6, 6.07) is 8.66. The first kappa shape index (κ1) is 16.2. The predicted octanol–water partition coefficient (Wildman–Crippen LogP) is 4.01. The third-order valence-electron chi connectivity index (χ3n) is 3.33. The predicted molar refractivity (Wildman–Crippen MR) is 88.0 cm³/mol. The topological polar surface area (TPSA) is 113 Å². The molecule has 0 saturated heterocycles. The van der Waals surface area contributed by atoms with Gasteiger partial charge in [0.25, 0.3) is 0 Å². The number of pyridine rings is 1. The minimum atomic E-state index is -1.09. The fourth-order valence-corrected chi connectivity index (χ4v) is 2.17. The van der Waals surface area contributed by atoms with Crippen LogP contribution in [0.2, 0.25) is 0 Å². The summed E-state index contributed by atoms with van der Waals surface area (Å²) >= 11 is 0. The molecule has 0 spiro atoms. The second kappa shape index (κ2) is 6.87. The molecule has 0 bridgehead atoms. The van der Waals surface area contributed by atoms with Crippen LogP contribution in [0.1, 0.15) is 5.56 Å². The SMILES string of the molecule is N=N/N=C(\Nc1cccc(F)c1F)c1cc(-c2ccco2)cnc1N. The van der Waals surface area contributed by atoms with E-state index in [1.165, 1.54) is 24.6 Å². The van der Waals surface area contributed by atoms with E-state index in [1.807, 2.05) is 0 Å². The van der Waals surface area contributed by atoms with Gasteiger partial charge in [0.15, 0.2) is 17.5 Å². The molecule has 2 aromatic heterocycles. The number of hydrogen-bond acceptors (Lipinski definition) is 5. The van der Waals surface area contributed by atoms with Crippen LogP contribution in [0.15, 0.2) is 63.6 Å². The quantitative estimate of drug-likeness (QED) is 0.288. The molecular formula is C16H12F2N6O. The van der Waals surface area contributed by atoms with E-state index in [4.69, 9.17) is 15.7 Å². The second-order valence-electron chi connectivity index (χ2n) is 4.91. The van der Waals surface area contributed by atoms with Crippen LogP contribution in [-0.4, -0.2) is 10.8 Å². The molecule has 25 heavy (non-hydrogen) atoms. The van der Waals surface area contributed by atoms with Crippen molar-refractivity contribution >= 4 is 17.3 Å². The van der Waals surface area contributed by atoms with Gasteiger partial charge in [-0.2, -0.15) is 5.53 Å². The molecule has 0 fully saturated rings. The number of aromatic nitrogens is 1. The summed E-state index contributed by atoms with van der Waals surface area (Å²) in [5.74, 6) is -1.57. The van der Waals surface area contributed by atoms with Crippen LogP contribution in [0.25, 0.3) is 11.3 Å². The normalized spacial score (nSPS) is 11.4. The molecule has 0 aliphatic heterocycles. The van der Waals surface area contributed by atoms with Gasteiger partial charge in [-0.15, -0.1) is 5.10 Å². The highest BCUT2D eigenvalue weighted by molar-refractivity contribution is 6.11. The Labute approximate surface area is 140 Å². The van der Waals surface area contributed by atoms with Gasteiger partial charge >= 0.3 is 0 Å². The monoisotopic (exact) mass is 342 g/mol. The van der Waals surface area contributed by atoms with E-state index < -0.39 is 11.6 Å². The summed E-state index contributed by atoms with van der Waals surface area (Å²) in [7, 11) is 0. The average Bonchev–Trinajstić information content (AvgIpc) is 3.13. The first-order valence-electron chi connectivity index (χ1n) is 7.05. The third-order valence-corrected chi connectivity index (χ3v) is 3.33. The Morgan fingerprint density at radius 1 is 1.24 bits per heavy atom. The Morgan fingerprint density at radius 3 is 2.80 bits per heavy atom. The fourth-order valence-electron chi connectivity index (χ4n) is 2.17. The van der Waals surface area contributed by atoms with E-state index in [-0.39, 0.29) is 22.9 Å². The molecule has 3 aromatic rings. The van der Waals surface area contributed by atoms with Crippen LogP contribution in [0.3, 0.4) is 0 Å². The van der Waals surface area contributed by atoms with Gasteiger partial charge in [-0.1, -0.05) is 11.3 Å².